The standard InChI is InChI=1S/C19H38N2/c1-4-13-20-15-19(10-8-7-9-11-19)17-21-14-12-18(5-2,6-3)16-21/h20H,4-17H2,1-3H3. The maximum Gasteiger partial charge on any atom is 0.00504 e. The van der Waals surface area contributed by atoms with Crippen LogP contribution in [0, 0.1) is 10.8 Å². The van der Waals surface area contributed by atoms with Crippen LogP contribution in [0.2, 0.25) is 0 Å². The zero-order chi connectivity index (χ0) is 15.2. The van der Waals surface area contributed by atoms with Crippen LogP contribution >= 0.6 is 0 Å². The van der Waals surface area contributed by atoms with Gasteiger partial charge in [0.1, 0.15) is 0 Å². The van der Waals surface area contributed by atoms with Crippen LogP contribution in [-0.4, -0.2) is 37.6 Å². The van der Waals surface area contributed by atoms with E-state index in [0.29, 0.717) is 10.8 Å². The summed E-state index contributed by atoms with van der Waals surface area (Å²) < 4.78 is 0. The summed E-state index contributed by atoms with van der Waals surface area (Å²) in [6.45, 7) is 13.6. The first-order valence-corrected chi connectivity index (χ1v) is 9.61. The third kappa shape index (κ3) is 4.45. The molecular formula is C19H38N2. The van der Waals surface area contributed by atoms with Gasteiger partial charge in [0.15, 0.2) is 0 Å². The molecule has 1 aliphatic heterocycles. The highest BCUT2D eigenvalue weighted by Crippen LogP contribution is 2.41. The summed E-state index contributed by atoms with van der Waals surface area (Å²) in [4.78, 5) is 2.81. The van der Waals surface area contributed by atoms with Gasteiger partial charge in [-0.15, -0.1) is 0 Å². The van der Waals surface area contributed by atoms with Crippen molar-refractivity contribution in [2.75, 3.05) is 32.7 Å². The average Bonchev–Trinajstić information content (AvgIpc) is 2.92. The highest BCUT2D eigenvalue weighted by Gasteiger charge is 2.39. The van der Waals surface area contributed by atoms with Crippen LogP contribution in [0.3, 0.4) is 0 Å². The molecule has 1 N–H and O–H groups in total. The van der Waals surface area contributed by atoms with Gasteiger partial charge in [0.25, 0.3) is 0 Å². The molecule has 2 heteroatoms. The summed E-state index contributed by atoms with van der Waals surface area (Å²) >= 11 is 0. The largest absolute Gasteiger partial charge is 0.316 e. The minimum absolute atomic E-state index is 0.574. The van der Waals surface area contributed by atoms with Crippen LogP contribution in [-0.2, 0) is 0 Å². The smallest absolute Gasteiger partial charge is 0.00504 e. The van der Waals surface area contributed by atoms with E-state index in [4.69, 9.17) is 0 Å². The van der Waals surface area contributed by atoms with Gasteiger partial charge in [-0.1, -0.05) is 40.0 Å². The fraction of sp³-hybridized carbons (Fsp3) is 1.00. The van der Waals surface area contributed by atoms with Crippen molar-refractivity contribution >= 4 is 0 Å². The van der Waals surface area contributed by atoms with Crippen LogP contribution in [0.25, 0.3) is 0 Å². The summed E-state index contributed by atoms with van der Waals surface area (Å²) in [6, 6.07) is 0. The predicted molar refractivity (Wildman–Crippen MR) is 92.8 cm³/mol. The van der Waals surface area contributed by atoms with E-state index < -0.39 is 0 Å². The molecule has 21 heavy (non-hydrogen) atoms. The fourth-order valence-electron chi connectivity index (χ4n) is 4.69. The lowest BCUT2D eigenvalue weighted by Crippen LogP contribution is -2.45. The maximum atomic E-state index is 3.74. The van der Waals surface area contributed by atoms with E-state index >= 15 is 0 Å². The number of hydrogen-bond acceptors (Lipinski definition) is 2. The second-order valence-electron chi connectivity index (χ2n) is 7.91. The molecule has 0 spiro atoms. The number of rotatable bonds is 8. The molecule has 0 aromatic heterocycles. The van der Waals surface area contributed by atoms with Gasteiger partial charge in [0, 0.05) is 19.6 Å². The first kappa shape index (κ1) is 17.3. The Balaban J connectivity index is 1.92. The van der Waals surface area contributed by atoms with Gasteiger partial charge in [0.05, 0.1) is 0 Å². The van der Waals surface area contributed by atoms with Gasteiger partial charge < -0.3 is 10.2 Å². The normalized spacial score (nSPS) is 25.3. The number of likely N-dealkylation sites (tertiary alicyclic amines) is 1. The Hall–Kier alpha value is -0.0800. The van der Waals surface area contributed by atoms with E-state index in [1.165, 1.54) is 90.5 Å². The van der Waals surface area contributed by atoms with Gasteiger partial charge in [0.2, 0.25) is 0 Å². The van der Waals surface area contributed by atoms with Crippen molar-refractivity contribution in [1.29, 1.82) is 0 Å². The van der Waals surface area contributed by atoms with Crippen LogP contribution in [0.15, 0.2) is 0 Å². The summed E-state index contributed by atoms with van der Waals surface area (Å²) in [7, 11) is 0. The molecule has 0 radical (unpaired) electrons. The minimum atomic E-state index is 0.574. The van der Waals surface area contributed by atoms with Gasteiger partial charge in [-0.25, -0.2) is 0 Å². The molecule has 0 bridgehead atoms. The van der Waals surface area contributed by atoms with Gasteiger partial charge in [-0.3, -0.25) is 0 Å². The molecule has 1 heterocycles. The molecule has 2 rings (SSSR count). The second kappa shape index (κ2) is 7.97. The third-order valence-corrected chi connectivity index (χ3v) is 6.42. The monoisotopic (exact) mass is 294 g/mol. The van der Waals surface area contributed by atoms with E-state index in [1.807, 2.05) is 0 Å². The molecule has 0 aromatic carbocycles. The van der Waals surface area contributed by atoms with Crippen molar-refractivity contribution in [1.82, 2.24) is 10.2 Å². The highest BCUT2D eigenvalue weighted by atomic mass is 15.2. The lowest BCUT2D eigenvalue weighted by Gasteiger charge is -2.41. The molecule has 2 nitrogen and oxygen atoms in total. The predicted octanol–water partition coefficient (Wildman–Crippen LogP) is 4.45. The summed E-state index contributed by atoms with van der Waals surface area (Å²) in [5.41, 5.74) is 1.21. The molecule has 2 fully saturated rings. The lowest BCUT2D eigenvalue weighted by molar-refractivity contribution is 0.107. The van der Waals surface area contributed by atoms with Crippen molar-refractivity contribution in [2.45, 2.75) is 78.6 Å². The second-order valence-corrected chi connectivity index (χ2v) is 7.91. The molecule has 0 aromatic rings. The first-order chi connectivity index (χ1) is 10.2. The third-order valence-electron chi connectivity index (χ3n) is 6.42. The number of nitrogens with one attached hydrogen (secondary N) is 1. The zero-order valence-corrected chi connectivity index (χ0v) is 14.8. The van der Waals surface area contributed by atoms with E-state index in [2.05, 4.69) is 31.0 Å². The summed E-state index contributed by atoms with van der Waals surface area (Å²) in [5, 5.41) is 3.74. The molecule has 1 saturated carbocycles. The topological polar surface area (TPSA) is 15.3 Å². The Bertz CT molecular complexity index is 290. The molecule has 0 atom stereocenters. The van der Waals surface area contributed by atoms with Crippen molar-refractivity contribution in [3.63, 3.8) is 0 Å². The van der Waals surface area contributed by atoms with Crippen LogP contribution in [0.5, 0.6) is 0 Å². The molecule has 1 saturated heterocycles. The van der Waals surface area contributed by atoms with Crippen molar-refractivity contribution in [3.05, 3.63) is 0 Å². The first-order valence-electron chi connectivity index (χ1n) is 9.61. The molecule has 0 unspecified atom stereocenters. The number of hydrogen-bond donors (Lipinski definition) is 1. The Morgan fingerprint density at radius 1 is 0.905 bits per heavy atom. The van der Waals surface area contributed by atoms with Crippen molar-refractivity contribution < 1.29 is 0 Å². The SMILES string of the molecule is CCCNCC1(CN2CCC(CC)(CC)C2)CCCCC1. The molecule has 2 aliphatic rings. The molecule has 0 amide bonds. The van der Waals surface area contributed by atoms with E-state index in [1.54, 1.807) is 0 Å². The van der Waals surface area contributed by atoms with E-state index in [-0.39, 0.29) is 0 Å². The average molecular weight is 295 g/mol. The van der Waals surface area contributed by atoms with Gasteiger partial charge >= 0.3 is 0 Å². The van der Waals surface area contributed by atoms with Gasteiger partial charge in [-0.2, -0.15) is 0 Å². The van der Waals surface area contributed by atoms with E-state index in [9.17, 15) is 0 Å². The number of nitrogens with zero attached hydrogens (tertiary/aromatic N) is 1. The van der Waals surface area contributed by atoms with E-state index in [0.717, 1.165) is 0 Å². The Morgan fingerprint density at radius 3 is 2.19 bits per heavy atom. The zero-order valence-electron chi connectivity index (χ0n) is 14.8. The molecule has 124 valence electrons. The van der Waals surface area contributed by atoms with Crippen molar-refractivity contribution in [3.8, 4) is 0 Å². The molecular weight excluding hydrogens is 256 g/mol. The highest BCUT2D eigenvalue weighted by molar-refractivity contribution is 4.93. The minimum Gasteiger partial charge on any atom is -0.316 e. The van der Waals surface area contributed by atoms with Crippen LogP contribution in [0.1, 0.15) is 78.6 Å². The summed E-state index contributed by atoms with van der Waals surface area (Å²) in [5.74, 6) is 0. The maximum absolute atomic E-state index is 3.74. The Labute approximate surface area is 133 Å². The summed E-state index contributed by atoms with van der Waals surface area (Å²) in [6.07, 6.45) is 12.7. The fourth-order valence-corrected chi connectivity index (χ4v) is 4.69. The Morgan fingerprint density at radius 2 is 1.62 bits per heavy atom. The molecule has 1 aliphatic carbocycles. The van der Waals surface area contributed by atoms with Crippen LogP contribution < -0.4 is 5.32 Å². The lowest BCUT2D eigenvalue weighted by atomic mass is 9.73. The van der Waals surface area contributed by atoms with Crippen LogP contribution in [0.4, 0.5) is 0 Å². The van der Waals surface area contributed by atoms with Gasteiger partial charge in [-0.05, 0) is 62.4 Å². The van der Waals surface area contributed by atoms with Crippen molar-refractivity contribution in [2.24, 2.45) is 10.8 Å². The Kier molecular flexibility index (Phi) is 6.55. The quantitative estimate of drug-likeness (QED) is 0.665.